The first kappa shape index (κ1) is 22.5. The average molecular weight is 455 g/mol. The Morgan fingerprint density at radius 1 is 0.938 bits per heavy atom. The number of rotatable bonds is 5. The molecule has 2 saturated heterocycles. The van der Waals surface area contributed by atoms with Crippen LogP contribution in [0.1, 0.15) is 24.0 Å². The maximum Gasteiger partial charge on any atom is 0.236 e. The van der Waals surface area contributed by atoms with Gasteiger partial charge >= 0.3 is 0 Å². The van der Waals surface area contributed by atoms with Crippen LogP contribution in [0.15, 0.2) is 54.2 Å². The van der Waals surface area contributed by atoms with Gasteiger partial charge < -0.3 is 9.80 Å². The molecule has 1 amide bonds. The minimum Gasteiger partial charge on any atom is -0.371 e. The van der Waals surface area contributed by atoms with Crippen LogP contribution < -0.4 is 4.90 Å². The van der Waals surface area contributed by atoms with Gasteiger partial charge in [-0.2, -0.15) is 4.31 Å². The number of sulfonamides is 1. The van der Waals surface area contributed by atoms with E-state index in [1.165, 1.54) is 9.71 Å². The fourth-order valence-corrected chi connectivity index (χ4v) is 5.46. The van der Waals surface area contributed by atoms with Crippen molar-refractivity contribution in [2.24, 2.45) is 5.92 Å². The lowest BCUT2D eigenvalue weighted by molar-refractivity contribution is -0.137. The van der Waals surface area contributed by atoms with Gasteiger partial charge in [0, 0.05) is 68.7 Å². The molecule has 0 saturated carbocycles. The van der Waals surface area contributed by atoms with Crippen LogP contribution in [0.2, 0.25) is 0 Å². The van der Waals surface area contributed by atoms with Crippen molar-refractivity contribution in [1.29, 1.82) is 0 Å². The first-order valence-electron chi connectivity index (χ1n) is 11.1. The summed E-state index contributed by atoms with van der Waals surface area (Å²) in [5.41, 5.74) is 3.13. The number of benzene rings is 1. The Morgan fingerprint density at radius 3 is 2.19 bits per heavy atom. The van der Waals surface area contributed by atoms with E-state index >= 15 is 0 Å². The smallest absolute Gasteiger partial charge is 0.236 e. The highest BCUT2D eigenvalue weighted by molar-refractivity contribution is 7.92. The molecular formula is C24H30N4O3S. The predicted octanol–water partition coefficient (Wildman–Crippen LogP) is 2.75. The Bertz CT molecular complexity index is 1040. The number of carbonyl (C=O) groups excluding carboxylic acids is 1. The van der Waals surface area contributed by atoms with Gasteiger partial charge in [-0.3, -0.25) is 9.78 Å². The zero-order chi connectivity index (χ0) is 22.6. The molecule has 2 aliphatic rings. The van der Waals surface area contributed by atoms with Crippen LogP contribution in [0.5, 0.6) is 0 Å². The standard InChI is InChI=1S/C24H30N4O3S/c1-20-2-4-21(5-3-20)10-19-32(30,31)28-17-15-27(16-18-28)24(29)22-8-13-26(14-9-22)23-6-11-25-12-7-23/h2-7,10-12,19,22H,8-9,13-18H2,1H3. The number of hydrogen-bond acceptors (Lipinski definition) is 5. The molecule has 2 aliphatic heterocycles. The van der Waals surface area contributed by atoms with Crippen LogP contribution in [0.25, 0.3) is 6.08 Å². The Hall–Kier alpha value is -2.71. The highest BCUT2D eigenvalue weighted by atomic mass is 32.2. The Labute approximate surface area is 190 Å². The zero-order valence-electron chi connectivity index (χ0n) is 18.4. The molecule has 0 aliphatic carbocycles. The van der Waals surface area contributed by atoms with Gasteiger partial charge in [0.1, 0.15) is 0 Å². The van der Waals surface area contributed by atoms with E-state index in [1.807, 2.05) is 48.2 Å². The van der Waals surface area contributed by atoms with E-state index in [-0.39, 0.29) is 11.8 Å². The third kappa shape index (κ3) is 5.37. The predicted molar refractivity (Wildman–Crippen MR) is 126 cm³/mol. The van der Waals surface area contributed by atoms with E-state index < -0.39 is 10.0 Å². The van der Waals surface area contributed by atoms with Crippen LogP contribution in [-0.2, 0) is 14.8 Å². The Morgan fingerprint density at radius 2 is 1.56 bits per heavy atom. The summed E-state index contributed by atoms with van der Waals surface area (Å²) in [7, 11) is -3.50. The lowest BCUT2D eigenvalue weighted by Crippen LogP contribution is -2.52. The van der Waals surface area contributed by atoms with E-state index in [9.17, 15) is 13.2 Å². The second kappa shape index (κ2) is 9.83. The molecular weight excluding hydrogens is 424 g/mol. The molecule has 4 rings (SSSR count). The van der Waals surface area contributed by atoms with E-state index in [0.29, 0.717) is 26.2 Å². The third-order valence-electron chi connectivity index (χ3n) is 6.29. The van der Waals surface area contributed by atoms with Crippen molar-refractivity contribution in [3.05, 3.63) is 65.3 Å². The first-order chi connectivity index (χ1) is 15.4. The second-order valence-corrected chi connectivity index (χ2v) is 10.3. The summed E-state index contributed by atoms with van der Waals surface area (Å²) in [6.45, 7) is 5.25. The first-order valence-corrected chi connectivity index (χ1v) is 12.6. The molecule has 0 bridgehead atoms. The van der Waals surface area contributed by atoms with Crippen molar-refractivity contribution in [2.45, 2.75) is 19.8 Å². The monoisotopic (exact) mass is 454 g/mol. The molecule has 0 radical (unpaired) electrons. The average Bonchev–Trinajstić information content (AvgIpc) is 2.84. The molecule has 1 aromatic heterocycles. The van der Waals surface area contributed by atoms with Crippen LogP contribution >= 0.6 is 0 Å². The number of hydrogen-bond donors (Lipinski definition) is 0. The molecule has 7 nitrogen and oxygen atoms in total. The molecule has 0 atom stereocenters. The van der Waals surface area contributed by atoms with E-state index in [1.54, 1.807) is 18.5 Å². The Balaban J connectivity index is 1.27. The highest BCUT2D eigenvalue weighted by Crippen LogP contribution is 2.25. The minimum absolute atomic E-state index is 0.0117. The molecule has 2 fully saturated rings. The zero-order valence-corrected chi connectivity index (χ0v) is 19.2. The maximum atomic E-state index is 13.0. The summed E-state index contributed by atoms with van der Waals surface area (Å²) < 4.78 is 26.9. The van der Waals surface area contributed by atoms with Crippen molar-refractivity contribution in [3.63, 3.8) is 0 Å². The molecule has 0 spiro atoms. The summed E-state index contributed by atoms with van der Waals surface area (Å²) in [6.07, 6.45) is 6.84. The van der Waals surface area contributed by atoms with Crippen LogP contribution in [-0.4, -0.2) is 67.8 Å². The van der Waals surface area contributed by atoms with Crippen LogP contribution in [0, 0.1) is 12.8 Å². The number of anilines is 1. The number of piperazine rings is 1. The number of aromatic nitrogens is 1. The minimum atomic E-state index is -3.50. The topological polar surface area (TPSA) is 73.8 Å². The lowest BCUT2D eigenvalue weighted by Gasteiger charge is -2.38. The van der Waals surface area contributed by atoms with Gasteiger partial charge in [-0.15, -0.1) is 0 Å². The fraction of sp³-hybridized carbons (Fsp3) is 0.417. The molecule has 1 aromatic carbocycles. The largest absolute Gasteiger partial charge is 0.371 e. The normalized spacial score (nSPS) is 18.9. The van der Waals surface area contributed by atoms with Gasteiger partial charge in [0.2, 0.25) is 15.9 Å². The molecule has 170 valence electrons. The number of piperidine rings is 1. The van der Waals surface area contributed by atoms with Gasteiger partial charge in [0.15, 0.2) is 0 Å². The number of aryl methyl sites for hydroxylation is 1. The third-order valence-corrected chi connectivity index (χ3v) is 7.86. The summed E-state index contributed by atoms with van der Waals surface area (Å²) in [5, 5.41) is 1.27. The molecule has 2 aromatic rings. The van der Waals surface area contributed by atoms with Crippen molar-refractivity contribution in [1.82, 2.24) is 14.2 Å². The van der Waals surface area contributed by atoms with Crippen LogP contribution in [0.4, 0.5) is 5.69 Å². The number of carbonyl (C=O) groups is 1. The number of nitrogens with zero attached hydrogens (tertiary/aromatic N) is 4. The lowest BCUT2D eigenvalue weighted by atomic mass is 9.94. The van der Waals surface area contributed by atoms with E-state index in [2.05, 4.69) is 9.88 Å². The van der Waals surface area contributed by atoms with Crippen molar-refractivity contribution in [3.8, 4) is 0 Å². The number of amides is 1. The fourth-order valence-electron chi connectivity index (χ4n) is 4.29. The molecule has 8 heteroatoms. The van der Waals surface area contributed by atoms with Gasteiger partial charge in [-0.1, -0.05) is 29.8 Å². The highest BCUT2D eigenvalue weighted by Gasteiger charge is 2.32. The summed E-state index contributed by atoms with van der Waals surface area (Å²) >= 11 is 0. The number of pyridine rings is 1. The molecule has 32 heavy (non-hydrogen) atoms. The summed E-state index contributed by atoms with van der Waals surface area (Å²) in [6, 6.07) is 11.7. The van der Waals surface area contributed by atoms with Crippen molar-refractivity contribution < 1.29 is 13.2 Å². The van der Waals surface area contributed by atoms with E-state index in [0.717, 1.165) is 42.7 Å². The van der Waals surface area contributed by atoms with E-state index in [4.69, 9.17) is 0 Å². The molecule has 0 N–H and O–H groups in total. The van der Waals surface area contributed by atoms with Crippen molar-refractivity contribution >= 4 is 27.7 Å². The van der Waals surface area contributed by atoms with Crippen molar-refractivity contribution in [2.75, 3.05) is 44.2 Å². The van der Waals surface area contributed by atoms with Gasteiger partial charge in [-0.25, -0.2) is 8.42 Å². The SMILES string of the molecule is Cc1ccc(C=CS(=O)(=O)N2CCN(C(=O)C3CCN(c4ccncc4)CC3)CC2)cc1. The summed E-state index contributed by atoms with van der Waals surface area (Å²) in [5.74, 6) is 0.171. The van der Waals surface area contributed by atoms with Gasteiger partial charge in [0.05, 0.1) is 0 Å². The Kier molecular flexibility index (Phi) is 6.91. The van der Waals surface area contributed by atoms with Crippen LogP contribution in [0.3, 0.4) is 0 Å². The van der Waals surface area contributed by atoms with Gasteiger partial charge in [-0.05, 0) is 43.5 Å². The second-order valence-electron chi connectivity index (χ2n) is 8.45. The maximum absolute atomic E-state index is 13.0. The quantitative estimate of drug-likeness (QED) is 0.695. The molecule has 3 heterocycles. The molecule has 0 unspecified atom stereocenters. The van der Waals surface area contributed by atoms with Gasteiger partial charge in [0.25, 0.3) is 0 Å². The summed E-state index contributed by atoms with van der Waals surface area (Å²) in [4.78, 5) is 21.2.